The zero-order valence-corrected chi connectivity index (χ0v) is 15.5. The summed E-state index contributed by atoms with van der Waals surface area (Å²) in [6, 6.07) is -0.275. The second-order valence-corrected chi connectivity index (χ2v) is 11.7. The Bertz CT molecular complexity index is 248. The summed E-state index contributed by atoms with van der Waals surface area (Å²) in [7, 11) is -2.67. The molecule has 20 heavy (non-hydrogen) atoms. The SMILES string of the molecule is CO[SiH](OC)O[Si](C)(CCC(F)(F)F)O[SiH](OC)OC. The van der Waals surface area contributed by atoms with Crippen LogP contribution in [0.5, 0.6) is 0 Å². The van der Waals surface area contributed by atoms with Gasteiger partial charge in [-0.1, -0.05) is 0 Å². The summed E-state index contributed by atoms with van der Waals surface area (Å²) in [6.07, 6.45) is -5.28. The molecular formula is C8H21F3O6Si3. The molecule has 0 aromatic heterocycles. The summed E-state index contributed by atoms with van der Waals surface area (Å²) in [6.45, 7) is 1.52. The summed E-state index contributed by atoms with van der Waals surface area (Å²) in [5, 5.41) is 0. The molecule has 0 atom stereocenters. The van der Waals surface area contributed by atoms with Gasteiger partial charge in [0.2, 0.25) is 0 Å². The maximum atomic E-state index is 12.4. The highest BCUT2D eigenvalue weighted by Gasteiger charge is 2.42. The standard InChI is InChI=1S/C8H21F3O6Si3/c1-12-18(13-2)16-20(5,7-6-8(9,10)11)17-19(14-3)15-4/h18-19H,6-7H2,1-5H3. The first kappa shape index (κ1) is 20.2. The lowest BCUT2D eigenvalue weighted by Crippen LogP contribution is -2.50. The molecule has 0 amide bonds. The molecule has 0 saturated carbocycles. The fourth-order valence-corrected chi connectivity index (χ4v) is 8.89. The highest BCUT2D eigenvalue weighted by molar-refractivity contribution is 6.76. The average molecular weight is 355 g/mol. The molecule has 0 fully saturated rings. The van der Waals surface area contributed by atoms with E-state index in [1.807, 2.05) is 0 Å². The van der Waals surface area contributed by atoms with Crippen molar-refractivity contribution in [2.75, 3.05) is 28.4 Å². The minimum Gasteiger partial charge on any atom is -0.396 e. The maximum absolute atomic E-state index is 12.4. The van der Waals surface area contributed by atoms with Crippen molar-refractivity contribution in [1.82, 2.24) is 0 Å². The third-order valence-corrected chi connectivity index (χ3v) is 10.5. The van der Waals surface area contributed by atoms with Gasteiger partial charge in [0.25, 0.3) is 0 Å². The van der Waals surface area contributed by atoms with E-state index in [-0.39, 0.29) is 6.04 Å². The van der Waals surface area contributed by atoms with Crippen LogP contribution >= 0.6 is 0 Å². The predicted molar refractivity (Wildman–Crippen MR) is 71.6 cm³/mol. The summed E-state index contributed by atoms with van der Waals surface area (Å²) < 4.78 is 68.2. The van der Waals surface area contributed by atoms with Gasteiger partial charge in [0.1, 0.15) is 0 Å². The van der Waals surface area contributed by atoms with Crippen LogP contribution in [-0.2, 0) is 25.9 Å². The van der Waals surface area contributed by atoms with E-state index in [0.717, 1.165) is 0 Å². The highest BCUT2D eigenvalue weighted by Crippen LogP contribution is 2.28. The van der Waals surface area contributed by atoms with Crippen LogP contribution in [0.1, 0.15) is 6.42 Å². The van der Waals surface area contributed by atoms with E-state index in [0.29, 0.717) is 0 Å². The second-order valence-electron chi connectivity index (χ2n) is 4.00. The van der Waals surface area contributed by atoms with Crippen LogP contribution in [0.3, 0.4) is 0 Å². The fraction of sp³-hybridized carbons (Fsp3) is 1.00. The van der Waals surface area contributed by atoms with Crippen LogP contribution in [0, 0.1) is 0 Å². The molecule has 0 aromatic carbocycles. The molecule has 0 aromatic rings. The lowest BCUT2D eigenvalue weighted by Gasteiger charge is -2.32. The third-order valence-electron chi connectivity index (χ3n) is 2.32. The first-order valence-electron chi connectivity index (χ1n) is 5.73. The van der Waals surface area contributed by atoms with Crippen molar-refractivity contribution in [2.24, 2.45) is 0 Å². The Balaban J connectivity index is 4.81. The van der Waals surface area contributed by atoms with Crippen molar-refractivity contribution in [3.63, 3.8) is 0 Å². The van der Waals surface area contributed by atoms with Crippen molar-refractivity contribution in [1.29, 1.82) is 0 Å². The number of alkyl halides is 3. The summed E-state index contributed by atoms with van der Waals surface area (Å²) in [4.78, 5) is 0. The average Bonchev–Trinajstić information content (AvgIpc) is 2.39. The highest BCUT2D eigenvalue weighted by atomic mass is 28.5. The topological polar surface area (TPSA) is 55.4 Å². The van der Waals surface area contributed by atoms with Gasteiger partial charge in [-0.15, -0.1) is 0 Å². The molecule has 0 heterocycles. The van der Waals surface area contributed by atoms with E-state index in [4.69, 9.17) is 25.9 Å². The molecule has 0 aliphatic rings. The number of halogens is 3. The van der Waals surface area contributed by atoms with Crippen molar-refractivity contribution >= 4 is 27.6 Å². The number of hydrogen-bond donors (Lipinski definition) is 0. The lowest BCUT2D eigenvalue weighted by molar-refractivity contribution is -0.131. The van der Waals surface area contributed by atoms with Crippen LogP contribution in [0.2, 0.25) is 12.6 Å². The smallest absolute Gasteiger partial charge is 0.396 e. The molecule has 0 rings (SSSR count). The molecule has 122 valence electrons. The van der Waals surface area contributed by atoms with Crippen molar-refractivity contribution in [2.45, 2.75) is 25.2 Å². The molecule has 0 unspecified atom stereocenters. The summed E-state index contributed by atoms with van der Waals surface area (Å²) in [5.41, 5.74) is 0. The molecule has 0 radical (unpaired) electrons. The van der Waals surface area contributed by atoms with Gasteiger partial charge in [-0.2, -0.15) is 13.2 Å². The van der Waals surface area contributed by atoms with Gasteiger partial charge in [0.15, 0.2) is 0 Å². The maximum Gasteiger partial charge on any atom is 0.474 e. The Morgan fingerprint density at radius 1 is 0.850 bits per heavy atom. The van der Waals surface area contributed by atoms with Crippen molar-refractivity contribution in [3.8, 4) is 0 Å². The van der Waals surface area contributed by atoms with Gasteiger partial charge < -0.3 is 25.9 Å². The summed E-state index contributed by atoms with van der Waals surface area (Å²) >= 11 is 0. The molecule has 6 nitrogen and oxygen atoms in total. The van der Waals surface area contributed by atoms with Gasteiger partial charge >= 0.3 is 33.8 Å². The van der Waals surface area contributed by atoms with Gasteiger partial charge in [-0.3, -0.25) is 0 Å². The molecule has 12 heteroatoms. The number of rotatable bonds is 10. The zero-order chi connectivity index (χ0) is 15.8. The minimum atomic E-state index is -4.28. The van der Waals surface area contributed by atoms with Gasteiger partial charge in [0, 0.05) is 34.9 Å². The van der Waals surface area contributed by atoms with E-state index in [1.54, 1.807) is 0 Å². The Hall–Kier alpha value is 0.201. The minimum absolute atomic E-state index is 0.275. The Morgan fingerprint density at radius 2 is 1.20 bits per heavy atom. The molecule has 0 bridgehead atoms. The fourth-order valence-electron chi connectivity index (χ4n) is 1.31. The molecule has 0 aliphatic heterocycles. The molecular weight excluding hydrogens is 333 g/mol. The van der Waals surface area contributed by atoms with Gasteiger partial charge in [-0.25, -0.2) is 0 Å². The van der Waals surface area contributed by atoms with E-state index < -0.39 is 40.2 Å². The van der Waals surface area contributed by atoms with Crippen molar-refractivity contribution < 1.29 is 39.1 Å². The van der Waals surface area contributed by atoms with Gasteiger partial charge in [0.05, 0.1) is 0 Å². The van der Waals surface area contributed by atoms with Crippen LogP contribution in [-0.4, -0.2) is 62.2 Å². The Labute approximate surface area is 121 Å². The molecule has 0 N–H and O–H groups in total. The first-order valence-corrected chi connectivity index (χ1v) is 11.1. The second kappa shape index (κ2) is 9.27. The van der Waals surface area contributed by atoms with Crippen LogP contribution in [0.4, 0.5) is 13.2 Å². The molecule has 0 spiro atoms. The van der Waals surface area contributed by atoms with Crippen molar-refractivity contribution in [3.05, 3.63) is 0 Å². The largest absolute Gasteiger partial charge is 0.474 e. The monoisotopic (exact) mass is 354 g/mol. The van der Waals surface area contributed by atoms with Gasteiger partial charge in [-0.05, 0) is 12.6 Å². The van der Waals surface area contributed by atoms with Crippen LogP contribution < -0.4 is 0 Å². The number of hydrogen-bond acceptors (Lipinski definition) is 6. The van der Waals surface area contributed by atoms with E-state index in [2.05, 4.69) is 0 Å². The summed E-state index contributed by atoms with van der Waals surface area (Å²) in [5.74, 6) is 0. The Morgan fingerprint density at radius 3 is 1.45 bits per heavy atom. The van der Waals surface area contributed by atoms with E-state index in [1.165, 1.54) is 35.0 Å². The van der Waals surface area contributed by atoms with E-state index >= 15 is 0 Å². The first-order chi connectivity index (χ1) is 9.19. The molecule has 0 saturated heterocycles. The Kier molecular flexibility index (Phi) is 9.36. The lowest BCUT2D eigenvalue weighted by atomic mass is 10.5. The third kappa shape index (κ3) is 8.48. The quantitative estimate of drug-likeness (QED) is 0.547. The van der Waals surface area contributed by atoms with Crippen LogP contribution in [0.15, 0.2) is 0 Å². The predicted octanol–water partition coefficient (Wildman–Crippen LogP) is 1.06. The molecule has 0 aliphatic carbocycles. The zero-order valence-electron chi connectivity index (χ0n) is 12.2. The normalized spacial score (nSPS) is 13.5. The van der Waals surface area contributed by atoms with Crippen LogP contribution in [0.25, 0.3) is 0 Å². The van der Waals surface area contributed by atoms with E-state index in [9.17, 15) is 13.2 Å².